The summed E-state index contributed by atoms with van der Waals surface area (Å²) in [5.74, 6) is 0.0336. The number of aromatic amines is 1. The van der Waals surface area contributed by atoms with Crippen LogP contribution in [0, 0.1) is 0 Å². The third-order valence-electron chi connectivity index (χ3n) is 7.87. The van der Waals surface area contributed by atoms with Gasteiger partial charge in [0.1, 0.15) is 25.6 Å². The molecule has 0 saturated carbocycles. The standard InChI is InChI=1S/C40H39N3O4/c1-4-34-37(32-21-20-31-22-33(24-43(2)3)41-35(31)23-32)42-39(46-26-29-16-10-6-11-17-29)36(38(34)45-25-28-14-8-5-9-15-28)40(44)47-27-30-18-12-7-13-19-30/h5-23,41H,4,24-27H2,1-3H3. The topological polar surface area (TPSA) is 76.7 Å². The lowest BCUT2D eigenvalue weighted by Crippen LogP contribution is -2.15. The van der Waals surface area contributed by atoms with E-state index in [0.29, 0.717) is 17.9 Å². The van der Waals surface area contributed by atoms with Gasteiger partial charge >= 0.3 is 5.97 Å². The molecule has 0 bridgehead atoms. The highest BCUT2D eigenvalue weighted by Gasteiger charge is 2.29. The van der Waals surface area contributed by atoms with E-state index in [1.165, 1.54) is 0 Å². The molecule has 0 saturated heterocycles. The molecule has 0 aliphatic carbocycles. The van der Waals surface area contributed by atoms with E-state index in [-0.39, 0.29) is 31.3 Å². The highest BCUT2D eigenvalue weighted by molar-refractivity contribution is 5.97. The molecule has 0 atom stereocenters. The first-order valence-corrected chi connectivity index (χ1v) is 15.9. The van der Waals surface area contributed by atoms with Crippen molar-refractivity contribution in [3.05, 3.63) is 149 Å². The molecule has 1 N–H and O–H groups in total. The van der Waals surface area contributed by atoms with Crippen LogP contribution in [0.3, 0.4) is 0 Å². The van der Waals surface area contributed by atoms with Crippen LogP contribution >= 0.6 is 0 Å². The fourth-order valence-electron chi connectivity index (χ4n) is 5.60. The molecule has 0 aliphatic rings. The number of carbonyl (C=O) groups is 1. The second-order valence-corrected chi connectivity index (χ2v) is 11.7. The molecule has 6 aromatic rings. The number of benzene rings is 4. The fourth-order valence-corrected chi connectivity index (χ4v) is 5.60. The summed E-state index contributed by atoms with van der Waals surface area (Å²) >= 11 is 0. The average molecular weight is 626 g/mol. The molecule has 6 rings (SSSR count). The minimum Gasteiger partial charge on any atom is -0.487 e. The molecule has 47 heavy (non-hydrogen) atoms. The number of carbonyl (C=O) groups excluding carboxylic acids is 1. The van der Waals surface area contributed by atoms with Crippen molar-refractivity contribution < 1.29 is 19.0 Å². The van der Waals surface area contributed by atoms with Gasteiger partial charge in [-0.25, -0.2) is 9.78 Å². The van der Waals surface area contributed by atoms with Crippen LogP contribution in [0.4, 0.5) is 0 Å². The number of ether oxygens (including phenoxy) is 3. The van der Waals surface area contributed by atoms with Crippen LogP contribution in [0.15, 0.2) is 115 Å². The van der Waals surface area contributed by atoms with Gasteiger partial charge < -0.3 is 24.1 Å². The molecular weight excluding hydrogens is 586 g/mol. The number of esters is 1. The summed E-state index contributed by atoms with van der Waals surface area (Å²) in [6, 6.07) is 37.8. The Hall–Kier alpha value is -5.40. The van der Waals surface area contributed by atoms with Crippen molar-refractivity contribution in [3.8, 4) is 22.9 Å². The Morgan fingerprint density at radius 2 is 1.34 bits per heavy atom. The Balaban J connectivity index is 1.47. The normalized spacial score (nSPS) is 11.1. The van der Waals surface area contributed by atoms with E-state index in [1.807, 2.05) is 97.9 Å². The van der Waals surface area contributed by atoms with Crippen molar-refractivity contribution in [2.24, 2.45) is 0 Å². The Morgan fingerprint density at radius 1 is 0.745 bits per heavy atom. The zero-order chi connectivity index (χ0) is 32.6. The van der Waals surface area contributed by atoms with E-state index >= 15 is 0 Å². The van der Waals surface area contributed by atoms with Crippen LogP contribution in [0.1, 0.15) is 45.2 Å². The molecule has 2 heterocycles. The predicted octanol–water partition coefficient (Wildman–Crippen LogP) is 8.37. The van der Waals surface area contributed by atoms with Gasteiger partial charge in [0, 0.05) is 28.9 Å². The Kier molecular flexibility index (Phi) is 9.94. The summed E-state index contributed by atoms with van der Waals surface area (Å²) in [4.78, 5) is 24.8. The quantitative estimate of drug-likeness (QED) is 0.130. The number of rotatable bonds is 13. The van der Waals surface area contributed by atoms with E-state index in [4.69, 9.17) is 19.2 Å². The number of pyridine rings is 1. The average Bonchev–Trinajstić information content (AvgIpc) is 3.50. The first kappa shape index (κ1) is 31.6. The van der Waals surface area contributed by atoms with E-state index < -0.39 is 5.97 Å². The van der Waals surface area contributed by atoms with Gasteiger partial charge in [0.2, 0.25) is 5.88 Å². The van der Waals surface area contributed by atoms with E-state index in [1.54, 1.807) is 0 Å². The molecule has 0 spiro atoms. The minimum atomic E-state index is -0.554. The number of hydrogen-bond donors (Lipinski definition) is 1. The lowest BCUT2D eigenvalue weighted by molar-refractivity contribution is 0.0460. The van der Waals surface area contributed by atoms with Crippen LogP contribution in [0.25, 0.3) is 22.2 Å². The smallest absolute Gasteiger partial charge is 0.347 e. The highest BCUT2D eigenvalue weighted by atomic mass is 16.5. The lowest BCUT2D eigenvalue weighted by atomic mass is 9.99. The number of nitrogens with one attached hydrogen (secondary N) is 1. The first-order valence-electron chi connectivity index (χ1n) is 15.9. The number of fused-ring (bicyclic) bond motifs is 1. The van der Waals surface area contributed by atoms with Gasteiger partial charge in [-0.2, -0.15) is 0 Å². The second kappa shape index (κ2) is 14.8. The zero-order valence-electron chi connectivity index (χ0n) is 27.0. The molecule has 4 aromatic carbocycles. The molecule has 0 aliphatic heterocycles. The summed E-state index contributed by atoms with van der Waals surface area (Å²) < 4.78 is 18.8. The third-order valence-corrected chi connectivity index (χ3v) is 7.87. The molecular formula is C40H39N3O4. The Labute approximate surface area is 275 Å². The van der Waals surface area contributed by atoms with Crippen molar-refractivity contribution in [3.63, 3.8) is 0 Å². The van der Waals surface area contributed by atoms with Crippen molar-refractivity contribution in [1.29, 1.82) is 0 Å². The maximum atomic E-state index is 14.0. The van der Waals surface area contributed by atoms with Gasteiger partial charge in [-0.3, -0.25) is 0 Å². The molecule has 0 fully saturated rings. The highest BCUT2D eigenvalue weighted by Crippen LogP contribution is 2.40. The Morgan fingerprint density at radius 3 is 1.94 bits per heavy atom. The number of nitrogens with zero attached hydrogens (tertiary/aromatic N) is 2. The summed E-state index contributed by atoms with van der Waals surface area (Å²) in [5, 5.41) is 1.12. The van der Waals surface area contributed by atoms with Crippen molar-refractivity contribution in [2.75, 3.05) is 14.1 Å². The molecule has 238 valence electrons. The summed E-state index contributed by atoms with van der Waals surface area (Å²) in [7, 11) is 4.10. The zero-order valence-corrected chi connectivity index (χ0v) is 27.0. The van der Waals surface area contributed by atoms with Crippen molar-refractivity contribution in [1.82, 2.24) is 14.9 Å². The number of hydrogen-bond acceptors (Lipinski definition) is 6. The van der Waals surface area contributed by atoms with Crippen molar-refractivity contribution in [2.45, 2.75) is 39.7 Å². The fraction of sp³-hybridized carbons (Fsp3) is 0.200. The third kappa shape index (κ3) is 7.71. The van der Waals surface area contributed by atoms with Gasteiger partial charge in [0.05, 0.1) is 5.69 Å². The summed E-state index contributed by atoms with van der Waals surface area (Å²) in [6.07, 6.45) is 0.568. The summed E-state index contributed by atoms with van der Waals surface area (Å²) in [5.41, 5.74) is 7.52. The Bertz CT molecular complexity index is 1940. The summed E-state index contributed by atoms with van der Waals surface area (Å²) in [6.45, 7) is 3.44. The van der Waals surface area contributed by atoms with Gasteiger partial charge in [0.25, 0.3) is 0 Å². The van der Waals surface area contributed by atoms with Crippen LogP contribution in [0.5, 0.6) is 11.6 Å². The minimum absolute atomic E-state index is 0.109. The monoisotopic (exact) mass is 625 g/mol. The van der Waals surface area contributed by atoms with Crippen LogP contribution in [-0.4, -0.2) is 34.9 Å². The van der Waals surface area contributed by atoms with Gasteiger partial charge in [-0.05, 0) is 54.7 Å². The molecule has 2 aromatic heterocycles. The molecule has 7 heteroatoms. The number of H-pyrrole nitrogens is 1. The van der Waals surface area contributed by atoms with E-state index in [0.717, 1.165) is 51.0 Å². The predicted molar refractivity (Wildman–Crippen MR) is 185 cm³/mol. The van der Waals surface area contributed by atoms with Crippen molar-refractivity contribution >= 4 is 16.9 Å². The van der Waals surface area contributed by atoms with Gasteiger partial charge in [0.15, 0.2) is 5.56 Å². The SMILES string of the molecule is CCc1c(-c2ccc3cc(CN(C)C)[nH]c3c2)nc(OCc2ccccc2)c(C(=O)OCc2ccccc2)c1OCc1ccccc1. The van der Waals surface area contributed by atoms with E-state index in [9.17, 15) is 4.79 Å². The first-order chi connectivity index (χ1) is 23.0. The van der Waals surface area contributed by atoms with Crippen LogP contribution in [0.2, 0.25) is 0 Å². The van der Waals surface area contributed by atoms with Crippen LogP contribution < -0.4 is 9.47 Å². The second-order valence-electron chi connectivity index (χ2n) is 11.7. The lowest BCUT2D eigenvalue weighted by Gasteiger charge is -2.21. The maximum absolute atomic E-state index is 14.0. The van der Waals surface area contributed by atoms with Crippen LogP contribution in [-0.2, 0) is 37.5 Å². The molecule has 7 nitrogen and oxygen atoms in total. The van der Waals surface area contributed by atoms with E-state index in [2.05, 4.69) is 48.2 Å². The molecule has 0 unspecified atom stereocenters. The van der Waals surface area contributed by atoms with Gasteiger partial charge in [-0.1, -0.05) is 110 Å². The molecule has 0 radical (unpaired) electrons. The number of aromatic nitrogens is 2. The maximum Gasteiger partial charge on any atom is 0.347 e. The largest absolute Gasteiger partial charge is 0.487 e. The van der Waals surface area contributed by atoms with Gasteiger partial charge in [-0.15, -0.1) is 0 Å². The molecule has 0 amide bonds.